The predicted octanol–water partition coefficient (Wildman–Crippen LogP) is 3.39. The van der Waals surface area contributed by atoms with E-state index >= 15 is 0 Å². The van der Waals surface area contributed by atoms with E-state index in [1.165, 1.54) is 38.2 Å². The van der Waals surface area contributed by atoms with Crippen LogP contribution in [0, 0.1) is 5.82 Å². The summed E-state index contributed by atoms with van der Waals surface area (Å²) in [5.74, 6) is -0.320. The third-order valence-electron chi connectivity index (χ3n) is 3.62. The van der Waals surface area contributed by atoms with Crippen molar-refractivity contribution in [3.05, 3.63) is 29.6 Å². The molecule has 0 unspecified atom stereocenters. The fourth-order valence-electron chi connectivity index (χ4n) is 2.53. The van der Waals surface area contributed by atoms with Crippen LogP contribution in [0.25, 0.3) is 0 Å². The molecule has 0 saturated heterocycles. The standard InChI is InChI=1S/C14H21FN2/c1-10(17-12-5-3-2-4-6-12)11-7-8-14(16)13(15)9-11/h7-10,12,17H,2-6,16H2,1H3/t10-/m1/s1. The minimum Gasteiger partial charge on any atom is -0.396 e. The number of benzene rings is 1. The average Bonchev–Trinajstić information content (AvgIpc) is 2.34. The zero-order valence-electron chi connectivity index (χ0n) is 10.4. The molecule has 0 amide bonds. The minimum absolute atomic E-state index is 0.188. The first-order chi connectivity index (χ1) is 8.16. The van der Waals surface area contributed by atoms with Crippen LogP contribution in [0.4, 0.5) is 10.1 Å². The molecule has 0 spiro atoms. The number of halogens is 1. The Labute approximate surface area is 102 Å². The van der Waals surface area contributed by atoms with Gasteiger partial charge in [-0.2, -0.15) is 0 Å². The van der Waals surface area contributed by atoms with Crippen LogP contribution in [-0.4, -0.2) is 6.04 Å². The van der Waals surface area contributed by atoms with Gasteiger partial charge in [-0.25, -0.2) is 4.39 Å². The molecule has 1 aromatic carbocycles. The van der Waals surface area contributed by atoms with Crippen molar-refractivity contribution in [2.24, 2.45) is 0 Å². The molecule has 2 rings (SSSR count). The molecule has 1 saturated carbocycles. The lowest BCUT2D eigenvalue weighted by Gasteiger charge is -2.27. The average molecular weight is 236 g/mol. The number of nitrogens with one attached hydrogen (secondary N) is 1. The molecule has 0 aromatic heterocycles. The van der Waals surface area contributed by atoms with E-state index in [1.54, 1.807) is 6.07 Å². The maximum atomic E-state index is 13.4. The Kier molecular flexibility index (Phi) is 4.00. The Hall–Kier alpha value is -1.09. The highest BCUT2D eigenvalue weighted by Crippen LogP contribution is 2.23. The highest BCUT2D eigenvalue weighted by Gasteiger charge is 2.16. The van der Waals surface area contributed by atoms with Gasteiger partial charge in [-0.05, 0) is 37.5 Å². The molecule has 3 heteroatoms. The summed E-state index contributed by atoms with van der Waals surface area (Å²) in [4.78, 5) is 0. The first-order valence-corrected chi connectivity index (χ1v) is 6.48. The lowest BCUT2D eigenvalue weighted by atomic mass is 9.94. The van der Waals surface area contributed by atoms with E-state index in [0.717, 1.165) is 5.56 Å². The SMILES string of the molecule is C[C@@H](NC1CCCCC1)c1ccc(N)c(F)c1. The van der Waals surface area contributed by atoms with Crippen LogP contribution < -0.4 is 11.1 Å². The highest BCUT2D eigenvalue weighted by molar-refractivity contribution is 5.41. The van der Waals surface area contributed by atoms with E-state index in [9.17, 15) is 4.39 Å². The number of hydrogen-bond donors (Lipinski definition) is 2. The summed E-state index contributed by atoms with van der Waals surface area (Å²) in [6, 6.07) is 5.85. The van der Waals surface area contributed by atoms with Crippen LogP contribution in [0.2, 0.25) is 0 Å². The van der Waals surface area contributed by atoms with Crippen molar-refractivity contribution in [3.8, 4) is 0 Å². The zero-order chi connectivity index (χ0) is 12.3. The number of rotatable bonds is 3. The van der Waals surface area contributed by atoms with Crippen molar-refractivity contribution < 1.29 is 4.39 Å². The van der Waals surface area contributed by atoms with Gasteiger partial charge in [0.25, 0.3) is 0 Å². The van der Waals surface area contributed by atoms with Gasteiger partial charge in [-0.1, -0.05) is 25.3 Å². The Bertz CT molecular complexity index is 372. The molecule has 17 heavy (non-hydrogen) atoms. The van der Waals surface area contributed by atoms with Crippen molar-refractivity contribution in [3.63, 3.8) is 0 Å². The third-order valence-corrected chi connectivity index (χ3v) is 3.62. The first kappa shape index (κ1) is 12.4. The van der Waals surface area contributed by atoms with Crippen LogP contribution in [-0.2, 0) is 0 Å². The number of nitrogen functional groups attached to an aromatic ring is 1. The zero-order valence-corrected chi connectivity index (χ0v) is 10.4. The molecular formula is C14H21FN2. The number of hydrogen-bond acceptors (Lipinski definition) is 2. The van der Waals surface area contributed by atoms with Gasteiger partial charge >= 0.3 is 0 Å². The van der Waals surface area contributed by atoms with Crippen LogP contribution in [0.5, 0.6) is 0 Å². The van der Waals surface area contributed by atoms with Gasteiger partial charge in [0.1, 0.15) is 5.82 Å². The fraction of sp³-hybridized carbons (Fsp3) is 0.571. The highest BCUT2D eigenvalue weighted by atomic mass is 19.1. The second-order valence-electron chi connectivity index (χ2n) is 5.00. The topological polar surface area (TPSA) is 38.0 Å². The molecule has 0 heterocycles. The Morgan fingerprint density at radius 3 is 2.65 bits per heavy atom. The molecule has 1 aliphatic carbocycles. The summed E-state index contributed by atoms with van der Waals surface area (Å²) in [7, 11) is 0. The number of anilines is 1. The summed E-state index contributed by atoms with van der Waals surface area (Å²) < 4.78 is 13.4. The smallest absolute Gasteiger partial charge is 0.146 e. The van der Waals surface area contributed by atoms with Crippen molar-refractivity contribution >= 4 is 5.69 Å². The molecule has 94 valence electrons. The van der Waals surface area contributed by atoms with Gasteiger partial charge in [0.2, 0.25) is 0 Å². The fourth-order valence-corrected chi connectivity index (χ4v) is 2.53. The minimum atomic E-state index is -0.320. The summed E-state index contributed by atoms with van der Waals surface area (Å²) in [5, 5.41) is 3.57. The van der Waals surface area contributed by atoms with Crippen molar-refractivity contribution in [2.45, 2.75) is 51.1 Å². The molecule has 0 bridgehead atoms. The van der Waals surface area contributed by atoms with Gasteiger partial charge in [0.15, 0.2) is 0 Å². The molecule has 1 aliphatic rings. The van der Waals surface area contributed by atoms with E-state index in [2.05, 4.69) is 12.2 Å². The maximum absolute atomic E-state index is 13.4. The normalized spacial score (nSPS) is 19.2. The van der Waals surface area contributed by atoms with Crippen molar-refractivity contribution in [2.75, 3.05) is 5.73 Å². The first-order valence-electron chi connectivity index (χ1n) is 6.48. The van der Waals surface area contributed by atoms with Crippen LogP contribution >= 0.6 is 0 Å². The quantitative estimate of drug-likeness (QED) is 0.789. The van der Waals surface area contributed by atoms with E-state index < -0.39 is 0 Å². The van der Waals surface area contributed by atoms with Crippen molar-refractivity contribution in [1.82, 2.24) is 5.32 Å². The molecule has 0 aliphatic heterocycles. The van der Waals surface area contributed by atoms with Crippen molar-refractivity contribution in [1.29, 1.82) is 0 Å². The van der Waals surface area contributed by atoms with E-state index in [-0.39, 0.29) is 17.5 Å². The molecule has 0 radical (unpaired) electrons. The summed E-state index contributed by atoms with van der Waals surface area (Å²) in [5.41, 5.74) is 6.67. The summed E-state index contributed by atoms with van der Waals surface area (Å²) >= 11 is 0. The van der Waals surface area contributed by atoms with E-state index in [4.69, 9.17) is 5.73 Å². The van der Waals surface area contributed by atoms with Gasteiger partial charge < -0.3 is 11.1 Å². The van der Waals surface area contributed by atoms with Gasteiger partial charge in [-0.15, -0.1) is 0 Å². The molecule has 1 aromatic rings. The third kappa shape index (κ3) is 3.19. The molecule has 2 nitrogen and oxygen atoms in total. The van der Waals surface area contributed by atoms with Gasteiger partial charge in [-0.3, -0.25) is 0 Å². The summed E-state index contributed by atoms with van der Waals surface area (Å²) in [6.07, 6.45) is 6.44. The molecule has 3 N–H and O–H groups in total. The van der Waals surface area contributed by atoms with Crippen LogP contribution in [0.1, 0.15) is 50.6 Å². The Balaban J connectivity index is 1.98. The van der Waals surface area contributed by atoms with Gasteiger partial charge in [0, 0.05) is 12.1 Å². The molecule has 1 fully saturated rings. The Morgan fingerprint density at radius 2 is 2.00 bits per heavy atom. The largest absolute Gasteiger partial charge is 0.396 e. The second kappa shape index (κ2) is 5.50. The van der Waals surface area contributed by atoms with Gasteiger partial charge in [0.05, 0.1) is 5.69 Å². The summed E-state index contributed by atoms with van der Waals surface area (Å²) in [6.45, 7) is 2.08. The van der Waals surface area contributed by atoms with Crippen LogP contribution in [0.15, 0.2) is 18.2 Å². The van der Waals surface area contributed by atoms with E-state index in [0.29, 0.717) is 6.04 Å². The molecule has 1 atom stereocenters. The monoisotopic (exact) mass is 236 g/mol. The second-order valence-corrected chi connectivity index (χ2v) is 5.00. The lowest BCUT2D eigenvalue weighted by molar-refractivity contribution is 0.346. The number of nitrogens with two attached hydrogens (primary N) is 1. The van der Waals surface area contributed by atoms with Crippen LogP contribution in [0.3, 0.4) is 0 Å². The molecular weight excluding hydrogens is 215 g/mol. The Morgan fingerprint density at radius 1 is 1.29 bits per heavy atom. The maximum Gasteiger partial charge on any atom is 0.146 e. The van der Waals surface area contributed by atoms with E-state index in [1.807, 2.05) is 6.07 Å². The lowest BCUT2D eigenvalue weighted by Crippen LogP contribution is -2.33. The predicted molar refractivity (Wildman–Crippen MR) is 69.2 cm³/mol.